The Balaban J connectivity index is 2.24. The molecule has 0 radical (unpaired) electrons. The fourth-order valence-electron chi connectivity index (χ4n) is 1.78. The number of nitrogens with zero attached hydrogens (tertiary/aromatic N) is 3. The van der Waals surface area contributed by atoms with Crippen molar-refractivity contribution in [2.45, 2.75) is 32.9 Å². The summed E-state index contributed by atoms with van der Waals surface area (Å²) in [6.07, 6.45) is 0.749. The van der Waals surface area contributed by atoms with Crippen molar-refractivity contribution in [1.29, 1.82) is 0 Å². The van der Waals surface area contributed by atoms with Gasteiger partial charge in [-0.15, -0.1) is 11.3 Å². The van der Waals surface area contributed by atoms with Gasteiger partial charge in [-0.1, -0.05) is 0 Å². The lowest BCUT2D eigenvalue weighted by Gasteiger charge is -2.10. The van der Waals surface area contributed by atoms with E-state index in [1.54, 1.807) is 11.3 Å². The summed E-state index contributed by atoms with van der Waals surface area (Å²) in [5.41, 5.74) is 11.1. The van der Waals surface area contributed by atoms with E-state index in [4.69, 9.17) is 5.73 Å². The Morgan fingerprint density at radius 3 is 2.94 bits per heavy atom. The van der Waals surface area contributed by atoms with Crippen LogP contribution in [-0.4, -0.2) is 14.8 Å². The molecule has 2 aromatic heterocycles. The first-order chi connectivity index (χ1) is 8.13. The summed E-state index contributed by atoms with van der Waals surface area (Å²) in [6, 6.07) is -0.0704. The third-order valence-electron chi connectivity index (χ3n) is 2.70. The normalized spacial score (nSPS) is 12.9. The van der Waals surface area contributed by atoms with Crippen LogP contribution >= 0.6 is 27.3 Å². The largest absolute Gasteiger partial charge is 0.322 e. The third-order valence-corrected chi connectivity index (χ3v) is 4.33. The van der Waals surface area contributed by atoms with Crippen molar-refractivity contribution in [1.82, 2.24) is 14.8 Å². The van der Waals surface area contributed by atoms with Gasteiger partial charge in [0, 0.05) is 18.3 Å². The molecule has 2 heterocycles. The molecule has 2 aromatic rings. The van der Waals surface area contributed by atoms with Gasteiger partial charge in [-0.3, -0.25) is 4.68 Å². The zero-order valence-electron chi connectivity index (χ0n) is 9.85. The lowest BCUT2D eigenvalue weighted by Crippen LogP contribution is -2.16. The molecule has 17 heavy (non-hydrogen) atoms. The van der Waals surface area contributed by atoms with E-state index in [0.29, 0.717) is 0 Å². The molecular weight excluding hydrogens is 300 g/mol. The van der Waals surface area contributed by atoms with Crippen LogP contribution < -0.4 is 5.73 Å². The van der Waals surface area contributed by atoms with Crippen LogP contribution in [-0.2, 0) is 13.0 Å². The second-order valence-electron chi connectivity index (χ2n) is 3.89. The summed E-state index contributed by atoms with van der Waals surface area (Å²) in [7, 11) is 0. The highest BCUT2D eigenvalue weighted by molar-refractivity contribution is 9.10. The van der Waals surface area contributed by atoms with Gasteiger partial charge in [0.1, 0.15) is 0 Å². The van der Waals surface area contributed by atoms with Gasteiger partial charge in [0.2, 0.25) is 0 Å². The molecular formula is C11H15BrN4S. The summed E-state index contributed by atoms with van der Waals surface area (Å²) >= 11 is 5.15. The van der Waals surface area contributed by atoms with E-state index in [9.17, 15) is 0 Å². The Bertz CT molecular complexity index is 492. The van der Waals surface area contributed by atoms with Gasteiger partial charge in [-0.05, 0) is 29.8 Å². The van der Waals surface area contributed by atoms with Crippen molar-refractivity contribution in [2.24, 2.45) is 5.73 Å². The summed E-state index contributed by atoms with van der Waals surface area (Å²) in [5.74, 6) is 0. The highest BCUT2D eigenvalue weighted by atomic mass is 79.9. The molecule has 0 aliphatic heterocycles. The minimum absolute atomic E-state index is 0.0704. The van der Waals surface area contributed by atoms with Crippen LogP contribution in [0.2, 0.25) is 0 Å². The Labute approximate surface area is 113 Å². The first-order valence-electron chi connectivity index (χ1n) is 5.49. The molecule has 2 rings (SSSR count). The molecule has 0 aliphatic carbocycles. The number of hydrogen-bond donors (Lipinski definition) is 1. The van der Waals surface area contributed by atoms with Gasteiger partial charge in [0.25, 0.3) is 0 Å². The van der Waals surface area contributed by atoms with Gasteiger partial charge in [0.15, 0.2) is 0 Å². The number of nitrogens with two attached hydrogens (primary N) is 1. The Kier molecular flexibility index (Phi) is 3.96. The van der Waals surface area contributed by atoms with Crippen molar-refractivity contribution in [3.63, 3.8) is 0 Å². The molecule has 2 N–H and O–H groups in total. The number of halogens is 1. The zero-order chi connectivity index (χ0) is 12.4. The van der Waals surface area contributed by atoms with Crippen molar-refractivity contribution in [3.05, 3.63) is 32.4 Å². The quantitative estimate of drug-likeness (QED) is 0.944. The second kappa shape index (κ2) is 5.29. The van der Waals surface area contributed by atoms with Gasteiger partial charge >= 0.3 is 0 Å². The van der Waals surface area contributed by atoms with Crippen LogP contribution in [0.1, 0.15) is 30.0 Å². The van der Waals surface area contributed by atoms with Crippen LogP contribution in [0, 0.1) is 6.92 Å². The van der Waals surface area contributed by atoms with Crippen LogP contribution in [0.5, 0.6) is 0 Å². The van der Waals surface area contributed by atoms with E-state index in [0.717, 1.165) is 34.5 Å². The number of aryl methyl sites for hydroxylation is 2. The Hall–Kier alpha value is -0.720. The van der Waals surface area contributed by atoms with Crippen molar-refractivity contribution < 1.29 is 0 Å². The molecule has 4 nitrogen and oxygen atoms in total. The van der Waals surface area contributed by atoms with E-state index < -0.39 is 0 Å². The van der Waals surface area contributed by atoms with E-state index in [1.807, 2.05) is 22.5 Å². The third kappa shape index (κ3) is 2.59. The van der Waals surface area contributed by atoms with Gasteiger partial charge in [0.05, 0.1) is 33.1 Å². The molecule has 0 fully saturated rings. The van der Waals surface area contributed by atoms with E-state index in [2.05, 4.69) is 32.9 Å². The molecule has 6 heteroatoms. The van der Waals surface area contributed by atoms with E-state index >= 15 is 0 Å². The first kappa shape index (κ1) is 12.7. The van der Waals surface area contributed by atoms with E-state index in [1.165, 1.54) is 0 Å². The zero-order valence-corrected chi connectivity index (χ0v) is 12.3. The fourth-order valence-corrected chi connectivity index (χ4v) is 2.85. The van der Waals surface area contributed by atoms with Crippen LogP contribution in [0.25, 0.3) is 0 Å². The smallest absolute Gasteiger partial charge is 0.0795 e. The van der Waals surface area contributed by atoms with Crippen LogP contribution in [0.15, 0.2) is 15.4 Å². The molecule has 0 aliphatic rings. The molecule has 92 valence electrons. The van der Waals surface area contributed by atoms with Gasteiger partial charge < -0.3 is 5.73 Å². The van der Waals surface area contributed by atoms with Crippen molar-refractivity contribution in [3.8, 4) is 0 Å². The van der Waals surface area contributed by atoms with E-state index in [-0.39, 0.29) is 6.04 Å². The second-order valence-corrected chi connectivity index (χ2v) is 5.40. The minimum atomic E-state index is -0.0704. The predicted octanol–water partition coefficient (Wildman–Crippen LogP) is 2.67. The predicted molar refractivity (Wildman–Crippen MR) is 73.1 cm³/mol. The Morgan fingerprint density at radius 2 is 2.35 bits per heavy atom. The molecule has 0 bridgehead atoms. The van der Waals surface area contributed by atoms with Crippen LogP contribution in [0.4, 0.5) is 0 Å². The summed E-state index contributed by atoms with van der Waals surface area (Å²) in [6.45, 7) is 4.93. The van der Waals surface area contributed by atoms with Crippen molar-refractivity contribution in [2.75, 3.05) is 0 Å². The van der Waals surface area contributed by atoms with Crippen LogP contribution in [0.3, 0.4) is 0 Å². The van der Waals surface area contributed by atoms with Gasteiger partial charge in [-0.2, -0.15) is 5.10 Å². The average Bonchev–Trinajstić information content (AvgIpc) is 2.92. The maximum absolute atomic E-state index is 6.16. The average molecular weight is 315 g/mol. The first-order valence-corrected chi connectivity index (χ1v) is 7.22. The monoisotopic (exact) mass is 314 g/mol. The van der Waals surface area contributed by atoms with Crippen molar-refractivity contribution >= 4 is 27.3 Å². The Morgan fingerprint density at radius 1 is 1.59 bits per heavy atom. The maximum atomic E-state index is 6.16. The number of rotatable bonds is 4. The standard InChI is InChI=1S/C11H15BrN4S/c1-3-16-10(11(12)7(2)15-16)4-8(13)9-5-17-6-14-9/h5-6,8H,3-4,13H2,1-2H3. The topological polar surface area (TPSA) is 56.7 Å². The lowest BCUT2D eigenvalue weighted by atomic mass is 10.1. The SMILES string of the molecule is CCn1nc(C)c(Br)c1CC(N)c1cscn1. The highest BCUT2D eigenvalue weighted by Gasteiger charge is 2.17. The number of thiazole rings is 1. The minimum Gasteiger partial charge on any atom is -0.322 e. The van der Waals surface area contributed by atoms with Gasteiger partial charge in [-0.25, -0.2) is 4.98 Å². The summed E-state index contributed by atoms with van der Waals surface area (Å²) in [5, 5.41) is 6.46. The highest BCUT2D eigenvalue weighted by Crippen LogP contribution is 2.25. The molecule has 1 atom stereocenters. The summed E-state index contributed by atoms with van der Waals surface area (Å²) in [4.78, 5) is 4.25. The maximum Gasteiger partial charge on any atom is 0.0795 e. The number of aromatic nitrogens is 3. The fraction of sp³-hybridized carbons (Fsp3) is 0.455. The molecule has 0 aromatic carbocycles. The molecule has 1 unspecified atom stereocenters. The summed E-state index contributed by atoms with van der Waals surface area (Å²) < 4.78 is 3.05. The molecule has 0 spiro atoms. The molecule has 0 saturated carbocycles. The lowest BCUT2D eigenvalue weighted by molar-refractivity contribution is 0.582. The molecule has 0 amide bonds. The molecule has 0 saturated heterocycles. The number of hydrogen-bond acceptors (Lipinski definition) is 4.